The summed E-state index contributed by atoms with van der Waals surface area (Å²) in [4.78, 5) is 23.3. The van der Waals surface area contributed by atoms with Gasteiger partial charge in [0.2, 0.25) is 5.91 Å². The number of rotatable bonds is 4. The standard InChI is InChI=1S/C13H21NO3S/c15-12(10-7-4-8-18-10)14-11(13(16)17)9-5-2-1-3-6-9/h9-11H,1-8H2,(H,14,15)(H,16,17). The zero-order valence-electron chi connectivity index (χ0n) is 10.6. The number of hydrogen-bond donors (Lipinski definition) is 2. The first-order valence-corrected chi connectivity index (χ1v) is 7.88. The second-order valence-corrected chi connectivity index (χ2v) is 6.53. The van der Waals surface area contributed by atoms with Gasteiger partial charge in [-0.3, -0.25) is 4.79 Å². The fraction of sp³-hybridized carbons (Fsp3) is 0.846. The molecule has 0 aromatic rings. The lowest BCUT2D eigenvalue weighted by molar-refractivity contribution is -0.143. The highest BCUT2D eigenvalue weighted by Crippen LogP contribution is 2.29. The first-order valence-electron chi connectivity index (χ1n) is 6.83. The summed E-state index contributed by atoms with van der Waals surface area (Å²) in [7, 11) is 0. The summed E-state index contributed by atoms with van der Waals surface area (Å²) in [5, 5.41) is 12.0. The van der Waals surface area contributed by atoms with Crippen molar-refractivity contribution in [2.24, 2.45) is 5.92 Å². The number of carbonyl (C=O) groups excluding carboxylic acids is 1. The van der Waals surface area contributed by atoms with E-state index in [0.29, 0.717) is 0 Å². The number of thioether (sulfide) groups is 1. The Morgan fingerprint density at radius 1 is 1.11 bits per heavy atom. The molecular weight excluding hydrogens is 250 g/mol. The molecule has 0 spiro atoms. The third-order valence-electron chi connectivity index (χ3n) is 3.91. The topological polar surface area (TPSA) is 66.4 Å². The smallest absolute Gasteiger partial charge is 0.326 e. The Kier molecular flexibility index (Phi) is 4.92. The summed E-state index contributed by atoms with van der Waals surface area (Å²) in [6.07, 6.45) is 7.15. The molecule has 2 fully saturated rings. The van der Waals surface area contributed by atoms with E-state index in [0.717, 1.165) is 44.3 Å². The molecule has 0 aromatic carbocycles. The highest BCUT2D eigenvalue weighted by atomic mass is 32.2. The predicted molar refractivity (Wildman–Crippen MR) is 71.6 cm³/mol. The molecule has 1 saturated carbocycles. The van der Waals surface area contributed by atoms with Gasteiger partial charge in [-0.05, 0) is 37.4 Å². The molecule has 2 N–H and O–H groups in total. The lowest BCUT2D eigenvalue weighted by Gasteiger charge is -2.28. The first-order chi connectivity index (χ1) is 8.68. The van der Waals surface area contributed by atoms with Gasteiger partial charge >= 0.3 is 5.97 Å². The molecule has 1 heterocycles. The first kappa shape index (κ1) is 13.7. The monoisotopic (exact) mass is 271 g/mol. The van der Waals surface area contributed by atoms with Crippen molar-refractivity contribution in [1.82, 2.24) is 5.32 Å². The number of carboxylic acids is 1. The maximum Gasteiger partial charge on any atom is 0.326 e. The van der Waals surface area contributed by atoms with E-state index in [1.54, 1.807) is 11.8 Å². The van der Waals surface area contributed by atoms with Crippen molar-refractivity contribution in [2.45, 2.75) is 56.2 Å². The second kappa shape index (κ2) is 6.45. The lowest BCUT2D eigenvalue weighted by Crippen LogP contribution is -2.48. The molecule has 2 atom stereocenters. The molecule has 2 unspecified atom stereocenters. The fourth-order valence-corrected chi connectivity index (χ4v) is 4.05. The third-order valence-corrected chi connectivity index (χ3v) is 5.28. The lowest BCUT2D eigenvalue weighted by atomic mass is 9.84. The van der Waals surface area contributed by atoms with E-state index in [-0.39, 0.29) is 17.1 Å². The Morgan fingerprint density at radius 3 is 2.39 bits per heavy atom. The van der Waals surface area contributed by atoms with Gasteiger partial charge in [-0.1, -0.05) is 19.3 Å². The molecule has 1 aliphatic carbocycles. The largest absolute Gasteiger partial charge is 0.480 e. The summed E-state index contributed by atoms with van der Waals surface area (Å²) in [5.74, 6) is 0.180. The molecule has 1 amide bonds. The molecule has 0 bridgehead atoms. The summed E-state index contributed by atoms with van der Waals surface area (Å²) >= 11 is 1.65. The van der Waals surface area contributed by atoms with Crippen LogP contribution in [0.25, 0.3) is 0 Å². The molecule has 18 heavy (non-hydrogen) atoms. The highest BCUT2D eigenvalue weighted by molar-refractivity contribution is 8.00. The van der Waals surface area contributed by atoms with Crippen LogP contribution in [0.1, 0.15) is 44.9 Å². The van der Waals surface area contributed by atoms with Gasteiger partial charge in [0, 0.05) is 0 Å². The molecule has 0 radical (unpaired) electrons. The van der Waals surface area contributed by atoms with Crippen molar-refractivity contribution >= 4 is 23.6 Å². The van der Waals surface area contributed by atoms with E-state index >= 15 is 0 Å². The van der Waals surface area contributed by atoms with Gasteiger partial charge in [0.1, 0.15) is 6.04 Å². The van der Waals surface area contributed by atoms with Crippen LogP contribution in [0.5, 0.6) is 0 Å². The van der Waals surface area contributed by atoms with Gasteiger partial charge in [0.15, 0.2) is 0 Å². The Labute approximate surface area is 112 Å². The van der Waals surface area contributed by atoms with Crippen LogP contribution in [-0.4, -0.2) is 34.0 Å². The average Bonchev–Trinajstić information content (AvgIpc) is 2.90. The van der Waals surface area contributed by atoms with Crippen molar-refractivity contribution in [3.63, 3.8) is 0 Å². The molecule has 1 saturated heterocycles. The Morgan fingerprint density at radius 2 is 1.83 bits per heavy atom. The van der Waals surface area contributed by atoms with Crippen LogP contribution in [0.3, 0.4) is 0 Å². The highest BCUT2D eigenvalue weighted by Gasteiger charge is 2.33. The van der Waals surface area contributed by atoms with Crippen LogP contribution in [0.15, 0.2) is 0 Å². The average molecular weight is 271 g/mol. The molecule has 4 nitrogen and oxygen atoms in total. The number of hydrogen-bond acceptors (Lipinski definition) is 3. The Hall–Kier alpha value is -0.710. The Balaban J connectivity index is 1.92. The number of carboxylic acid groups (broad SMARTS) is 1. The van der Waals surface area contributed by atoms with Gasteiger partial charge in [0.25, 0.3) is 0 Å². The van der Waals surface area contributed by atoms with Crippen LogP contribution in [0, 0.1) is 5.92 Å². The molecule has 2 rings (SSSR count). The van der Waals surface area contributed by atoms with Crippen LogP contribution < -0.4 is 5.32 Å². The van der Waals surface area contributed by atoms with Gasteiger partial charge < -0.3 is 10.4 Å². The minimum atomic E-state index is -0.877. The van der Waals surface area contributed by atoms with Gasteiger partial charge in [-0.2, -0.15) is 0 Å². The SMILES string of the molecule is O=C(NC(C(=O)O)C1CCCCC1)C1CCCS1. The number of amides is 1. The summed E-state index contributed by atoms with van der Waals surface area (Å²) in [5.41, 5.74) is 0. The van der Waals surface area contributed by atoms with Crippen molar-refractivity contribution in [3.05, 3.63) is 0 Å². The van der Waals surface area contributed by atoms with Crippen molar-refractivity contribution in [1.29, 1.82) is 0 Å². The van der Waals surface area contributed by atoms with Gasteiger partial charge in [0.05, 0.1) is 5.25 Å². The minimum absolute atomic E-state index is 0.0320. The van der Waals surface area contributed by atoms with E-state index in [1.807, 2.05) is 0 Å². The van der Waals surface area contributed by atoms with E-state index in [9.17, 15) is 14.7 Å². The number of carbonyl (C=O) groups is 2. The second-order valence-electron chi connectivity index (χ2n) is 5.22. The predicted octanol–water partition coefficient (Wildman–Crippen LogP) is 2.03. The van der Waals surface area contributed by atoms with Crippen molar-refractivity contribution in [2.75, 3.05) is 5.75 Å². The molecule has 1 aliphatic heterocycles. The normalized spacial score (nSPS) is 26.8. The number of aliphatic carboxylic acids is 1. The van der Waals surface area contributed by atoms with Crippen LogP contribution in [-0.2, 0) is 9.59 Å². The summed E-state index contributed by atoms with van der Waals surface area (Å²) in [6, 6.07) is -0.681. The van der Waals surface area contributed by atoms with E-state index < -0.39 is 12.0 Å². The van der Waals surface area contributed by atoms with Crippen LogP contribution >= 0.6 is 11.8 Å². The van der Waals surface area contributed by atoms with Gasteiger partial charge in [-0.15, -0.1) is 11.8 Å². The maximum absolute atomic E-state index is 12.0. The van der Waals surface area contributed by atoms with Crippen molar-refractivity contribution in [3.8, 4) is 0 Å². The van der Waals surface area contributed by atoms with Crippen LogP contribution in [0.2, 0.25) is 0 Å². The molecule has 5 heteroatoms. The summed E-state index contributed by atoms with van der Waals surface area (Å²) in [6.45, 7) is 0. The van der Waals surface area contributed by atoms with E-state index in [2.05, 4.69) is 5.32 Å². The quantitative estimate of drug-likeness (QED) is 0.821. The maximum atomic E-state index is 12.0. The van der Waals surface area contributed by atoms with E-state index in [4.69, 9.17) is 0 Å². The molecular formula is C13H21NO3S. The molecule has 2 aliphatic rings. The fourth-order valence-electron chi connectivity index (χ4n) is 2.88. The summed E-state index contributed by atoms with van der Waals surface area (Å²) < 4.78 is 0. The van der Waals surface area contributed by atoms with Crippen LogP contribution in [0.4, 0.5) is 0 Å². The minimum Gasteiger partial charge on any atom is -0.480 e. The molecule has 0 aromatic heterocycles. The Bertz CT molecular complexity index is 309. The zero-order valence-corrected chi connectivity index (χ0v) is 11.4. The van der Waals surface area contributed by atoms with E-state index in [1.165, 1.54) is 6.42 Å². The third kappa shape index (κ3) is 3.40. The van der Waals surface area contributed by atoms with Gasteiger partial charge in [-0.25, -0.2) is 4.79 Å². The zero-order chi connectivity index (χ0) is 13.0. The number of nitrogens with one attached hydrogen (secondary N) is 1. The van der Waals surface area contributed by atoms with Crippen molar-refractivity contribution < 1.29 is 14.7 Å². The molecule has 102 valence electrons.